The van der Waals surface area contributed by atoms with Crippen LogP contribution in [0.25, 0.3) is 0 Å². The molecule has 0 radical (unpaired) electrons. The third kappa shape index (κ3) is 3.14. The fraction of sp³-hybridized carbons (Fsp3) is 0.562. The number of halogens is 1. The highest BCUT2D eigenvalue weighted by atomic mass is 32.2. The number of nitrogens with zero attached hydrogens (tertiary/aromatic N) is 1. The minimum absolute atomic E-state index is 0.606. The average molecular weight is 434 g/mol. The van der Waals surface area contributed by atoms with Crippen molar-refractivity contribution in [2.45, 2.75) is 53.7 Å². The molecule has 0 aliphatic carbocycles. The number of carbonyl (C=O) groups excluding carboxylic acids is 2. The van der Waals surface area contributed by atoms with E-state index in [4.69, 9.17) is 5.73 Å². The number of rotatable bonds is 6. The summed E-state index contributed by atoms with van der Waals surface area (Å²) in [6.07, 6.45) is 0. The number of nitrogens with one attached hydrogen (secondary N) is 1. The van der Waals surface area contributed by atoms with Crippen LogP contribution < -0.4 is 11.1 Å². The molecule has 2 saturated heterocycles. The van der Waals surface area contributed by atoms with Crippen LogP contribution in [-0.2, 0) is 14.4 Å². The van der Waals surface area contributed by atoms with Crippen molar-refractivity contribution in [2.75, 3.05) is 5.75 Å². The van der Waals surface area contributed by atoms with Gasteiger partial charge in [-0.15, -0.1) is 34.9 Å². The van der Waals surface area contributed by atoms with Crippen molar-refractivity contribution in [3.05, 3.63) is 16.3 Å². The van der Waals surface area contributed by atoms with Gasteiger partial charge >= 0.3 is 5.97 Å². The van der Waals surface area contributed by atoms with Crippen LogP contribution in [0.5, 0.6) is 0 Å². The second kappa shape index (κ2) is 6.94. The van der Waals surface area contributed by atoms with Crippen molar-refractivity contribution >= 4 is 52.6 Å². The van der Waals surface area contributed by atoms with E-state index in [-0.39, 0.29) is 0 Å². The Morgan fingerprint density at radius 3 is 2.78 bits per heavy atom. The van der Waals surface area contributed by atoms with Crippen LogP contribution in [0.3, 0.4) is 0 Å². The highest BCUT2D eigenvalue weighted by Crippen LogP contribution is 2.55. The summed E-state index contributed by atoms with van der Waals surface area (Å²) in [4.78, 5) is 38.9. The minimum Gasteiger partial charge on any atom is -0.480 e. The van der Waals surface area contributed by atoms with E-state index in [1.54, 1.807) is 19.2 Å². The molecule has 1 aromatic rings. The maximum Gasteiger partial charge on any atom is 0.327 e. The average Bonchev–Trinajstić information content (AvgIpc) is 3.14. The van der Waals surface area contributed by atoms with Gasteiger partial charge in [-0.05, 0) is 31.0 Å². The fourth-order valence-corrected chi connectivity index (χ4v) is 6.83. The molecular weight excluding hydrogens is 413 g/mol. The summed E-state index contributed by atoms with van der Waals surface area (Å²) in [5.41, 5.74) is 6.00. The minimum atomic E-state index is -2.66. The molecule has 148 valence electrons. The molecule has 3 rings (SSSR count). The van der Waals surface area contributed by atoms with Crippen molar-refractivity contribution in [1.29, 1.82) is 0 Å². The maximum absolute atomic E-state index is 15.3. The van der Waals surface area contributed by atoms with Gasteiger partial charge in [-0.3, -0.25) is 9.59 Å². The molecule has 2 aliphatic rings. The number of carbonyl (C=O) groups is 3. The third-order valence-electron chi connectivity index (χ3n) is 4.55. The van der Waals surface area contributed by atoms with E-state index in [1.165, 1.54) is 23.1 Å². The maximum atomic E-state index is 15.3. The molecule has 4 atom stereocenters. The van der Waals surface area contributed by atoms with Crippen molar-refractivity contribution in [3.8, 4) is 0 Å². The van der Waals surface area contributed by atoms with Gasteiger partial charge in [-0.1, -0.05) is 6.92 Å². The molecule has 0 saturated carbocycles. The Morgan fingerprint density at radius 1 is 1.52 bits per heavy atom. The molecule has 0 spiro atoms. The molecule has 0 bridgehead atoms. The number of carboxylic acids is 1. The summed E-state index contributed by atoms with van der Waals surface area (Å²) in [6.45, 7) is 5.24. The summed E-state index contributed by atoms with van der Waals surface area (Å²) < 4.78 is 14.5. The zero-order valence-electron chi connectivity index (χ0n) is 14.9. The Balaban J connectivity index is 1.78. The van der Waals surface area contributed by atoms with Crippen molar-refractivity contribution < 1.29 is 23.9 Å². The number of hydrogen-bond donors (Lipinski definition) is 3. The number of alkyl halides is 1. The fourth-order valence-electron chi connectivity index (χ4n) is 3.32. The third-order valence-corrected chi connectivity index (χ3v) is 8.24. The van der Waals surface area contributed by atoms with Crippen molar-refractivity contribution in [1.82, 2.24) is 10.2 Å². The molecule has 2 aliphatic heterocycles. The first-order chi connectivity index (χ1) is 12.5. The van der Waals surface area contributed by atoms with E-state index < -0.39 is 45.8 Å². The number of aliphatic carboxylic acids is 1. The lowest BCUT2D eigenvalue weighted by Crippen LogP contribution is -2.77. The van der Waals surface area contributed by atoms with Gasteiger partial charge in [-0.2, -0.15) is 0 Å². The molecule has 11 heteroatoms. The Labute approximate surface area is 168 Å². The van der Waals surface area contributed by atoms with Gasteiger partial charge in [-0.25, -0.2) is 9.18 Å². The summed E-state index contributed by atoms with van der Waals surface area (Å²) in [6, 6.07) is -0.419. The van der Waals surface area contributed by atoms with Crippen molar-refractivity contribution in [2.24, 2.45) is 5.73 Å². The quantitative estimate of drug-likeness (QED) is 0.356. The predicted octanol–water partition coefficient (Wildman–Crippen LogP) is 1.79. The number of hydrogen-bond acceptors (Lipinski definition) is 7. The molecule has 7 nitrogen and oxygen atoms in total. The first-order valence-corrected chi connectivity index (χ1v) is 11.0. The van der Waals surface area contributed by atoms with Gasteiger partial charge in [0.2, 0.25) is 5.91 Å². The first kappa shape index (κ1) is 20.4. The monoisotopic (exact) mass is 433 g/mol. The smallest absolute Gasteiger partial charge is 0.327 e. The van der Waals surface area contributed by atoms with Crippen LogP contribution in [0.1, 0.15) is 31.7 Å². The standard InChI is InChI=1S/C16H20FN3O4S3/c1-4-25-7-5-6-26-9(7)8(18)11(21)19-16(17)13(24)20-10(12(22)23)15(2,3)27-14(16)20/h5-6,8,10,14H,4,18H2,1-3H3,(H,19,21)(H,22,23)/t8?,10-,14+,16-/m0/s1. The molecular formula is C16H20FN3O4S3. The number of thioether (sulfide) groups is 2. The Kier molecular flexibility index (Phi) is 5.26. The van der Waals surface area contributed by atoms with E-state index in [0.29, 0.717) is 4.88 Å². The molecule has 1 unspecified atom stereocenters. The SMILES string of the molecule is CCSc1ccsc1C(N)C(=O)N[C@@]1(F)C(=O)N2[C@@H](C(=O)O)C(C)(C)S[C@@H]21. The highest BCUT2D eigenvalue weighted by molar-refractivity contribution is 8.01. The van der Waals surface area contributed by atoms with Crippen LogP contribution >= 0.6 is 34.9 Å². The van der Waals surface area contributed by atoms with Gasteiger partial charge in [0.1, 0.15) is 17.5 Å². The topological polar surface area (TPSA) is 113 Å². The lowest BCUT2D eigenvalue weighted by Gasteiger charge is -2.47. The van der Waals surface area contributed by atoms with E-state index in [1.807, 2.05) is 13.0 Å². The number of β-lactam (4-membered cyclic amide) rings is 1. The van der Waals surface area contributed by atoms with E-state index in [0.717, 1.165) is 27.3 Å². The largest absolute Gasteiger partial charge is 0.480 e. The summed E-state index contributed by atoms with van der Waals surface area (Å²) >= 11 is 3.84. The van der Waals surface area contributed by atoms with E-state index >= 15 is 4.39 Å². The Hall–Kier alpha value is -1.30. The zero-order chi connectivity index (χ0) is 20.1. The molecule has 27 heavy (non-hydrogen) atoms. The van der Waals surface area contributed by atoms with Crippen molar-refractivity contribution in [3.63, 3.8) is 0 Å². The molecule has 3 heterocycles. The van der Waals surface area contributed by atoms with Gasteiger partial charge in [0.05, 0.1) is 0 Å². The lowest BCUT2D eigenvalue weighted by molar-refractivity contribution is -0.182. The first-order valence-electron chi connectivity index (χ1n) is 8.24. The van der Waals surface area contributed by atoms with Crippen LogP contribution in [0.2, 0.25) is 0 Å². The Bertz CT molecular complexity index is 802. The summed E-state index contributed by atoms with van der Waals surface area (Å²) in [7, 11) is 0. The lowest BCUT2D eigenvalue weighted by atomic mass is 9.94. The Morgan fingerprint density at radius 2 is 2.19 bits per heavy atom. The molecule has 2 amide bonds. The number of amides is 2. The second-order valence-electron chi connectivity index (χ2n) is 6.79. The van der Waals surface area contributed by atoms with Crippen LogP contribution in [0.4, 0.5) is 4.39 Å². The molecule has 1 aromatic heterocycles. The van der Waals surface area contributed by atoms with Gasteiger partial charge in [0.25, 0.3) is 11.7 Å². The normalized spacial score (nSPS) is 29.8. The number of fused-ring (bicyclic) bond motifs is 1. The van der Waals surface area contributed by atoms with Crippen LogP contribution in [-0.4, -0.2) is 55.5 Å². The molecule has 2 fully saturated rings. The van der Waals surface area contributed by atoms with E-state index in [9.17, 15) is 19.5 Å². The summed E-state index contributed by atoms with van der Waals surface area (Å²) in [5.74, 6) is -4.91. The zero-order valence-corrected chi connectivity index (χ0v) is 17.3. The second-order valence-corrected chi connectivity index (χ2v) is 10.8. The number of carboxylic acid groups (broad SMARTS) is 1. The highest BCUT2D eigenvalue weighted by Gasteiger charge is 2.73. The van der Waals surface area contributed by atoms with Gasteiger partial charge in [0, 0.05) is 14.5 Å². The van der Waals surface area contributed by atoms with Gasteiger partial charge in [0.15, 0.2) is 0 Å². The van der Waals surface area contributed by atoms with Gasteiger partial charge < -0.3 is 21.1 Å². The number of nitrogens with two attached hydrogens (primary N) is 1. The molecule has 0 aromatic carbocycles. The van der Waals surface area contributed by atoms with E-state index in [2.05, 4.69) is 5.32 Å². The number of thiophene rings is 1. The van der Waals surface area contributed by atoms with Crippen LogP contribution in [0.15, 0.2) is 16.3 Å². The predicted molar refractivity (Wildman–Crippen MR) is 103 cm³/mol. The molecule has 4 N–H and O–H groups in total. The van der Waals surface area contributed by atoms with Crippen LogP contribution in [0, 0.1) is 0 Å². The summed E-state index contributed by atoms with van der Waals surface area (Å²) in [5, 5.41) is 12.2.